The maximum Gasteiger partial charge on any atom is 0.417 e. The zero-order chi connectivity index (χ0) is 17.6. The average molecular weight is 352 g/mol. The Morgan fingerprint density at radius 2 is 2.08 bits per heavy atom. The highest BCUT2D eigenvalue weighted by Gasteiger charge is 2.40. The molecule has 0 aliphatic carbocycles. The largest absolute Gasteiger partial charge is 0.417 e. The summed E-state index contributed by atoms with van der Waals surface area (Å²) in [6, 6.07) is 4.63. The van der Waals surface area contributed by atoms with Crippen LogP contribution in [0.2, 0.25) is 0 Å². The lowest BCUT2D eigenvalue weighted by Gasteiger charge is -2.41. The van der Waals surface area contributed by atoms with Crippen LogP contribution in [-0.4, -0.2) is 45.0 Å². The number of aromatic nitrogens is 3. The van der Waals surface area contributed by atoms with Crippen molar-refractivity contribution in [2.75, 3.05) is 13.1 Å². The standard InChI is InChI=1S/C16H15F3N4O2/c17-16(18,19)12-4-2-1-3-11(12)15(24)22-6-5-14-13(8-22)23-10(9-25-14)7-20-21-23/h1-4,7,13-14H,5-6,8-9H2/t13-,14-/m0/s1. The SMILES string of the molecule is O=C(c1ccccc1C(F)(F)F)N1CC[C@@H]2OCc3cnnn3[C@H]2C1. The molecule has 0 saturated carbocycles. The Morgan fingerprint density at radius 1 is 1.28 bits per heavy atom. The minimum atomic E-state index is -4.57. The summed E-state index contributed by atoms with van der Waals surface area (Å²) in [6.45, 7) is 0.987. The van der Waals surface area contributed by atoms with Crippen LogP contribution in [-0.2, 0) is 17.5 Å². The fourth-order valence-electron chi connectivity index (χ4n) is 3.45. The lowest BCUT2D eigenvalue weighted by Crippen LogP contribution is -2.50. The van der Waals surface area contributed by atoms with E-state index in [1.54, 1.807) is 10.9 Å². The van der Waals surface area contributed by atoms with Crippen LogP contribution in [0.5, 0.6) is 0 Å². The molecule has 0 bridgehead atoms. The van der Waals surface area contributed by atoms with Crippen LogP contribution < -0.4 is 0 Å². The van der Waals surface area contributed by atoms with Gasteiger partial charge in [-0.3, -0.25) is 4.79 Å². The third-order valence-corrected chi connectivity index (χ3v) is 4.68. The molecule has 2 atom stereocenters. The van der Waals surface area contributed by atoms with Crippen molar-refractivity contribution in [3.8, 4) is 0 Å². The van der Waals surface area contributed by atoms with Gasteiger partial charge >= 0.3 is 6.18 Å². The van der Waals surface area contributed by atoms with E-state index in [-0.39, 0.29) is 24.3 Å². The maximum atomic E-state index is 13.2. The molecule has 9 heteroatoms. The Balaban J connectivity index is 1.61. The zero-order valence-electron chi connectivity index (χ0n) is 13.1. The molecule has 1 aromatic carbocycles. The van der Waals surface area contributed by atoms with Crippen molar-refractivity contribution in [3.63, 3.8) is 0 Å². The van der Waals surface area contributed by atoms with Gasteiger partial charge in [0.1, 0.15) is 0 Å². The summed E-state index contributed by atoms with van der Waals surface area (Å²) in [5.41, 5.74) is -0.446. The smallest absolute Gasteiger partial charge is 0.370 e. The highest BCUT2D eigenvalue weighted by molar-refractivity contribution is 5.96. The molecule has 3 heterocycles. The van der Waals surface area contributed by atoms with Gasteiger partial charge in [-0.25, -0.2) is 4.68 Å². The van der Waals surface area contributed by atoms with E-state index in [9.17, 15) is 18.0 Å². The quantitative estimate of drug-likeness (QED) is 0.790. The lowest BCUT2D eigenvalue weighted by atomic mass is 9.98. The van der Waals surface area contributed by atoms with Crippen LogP contribution in [0.25, 0.3) is 0 Å². The first-order valence-electron chi connectivity index (χ1n) is 7.91. The zero-order valence-corrected chi connectivity index (χ0v) is 13.1. The van der Waals surface area contributed by atoms with Gasteiger partial charge in [0.15, 0.2) is 0 Å². The number of halogens is 3. The molecule has 132 valence electrons. The van der Waals surface area contributed by atoms with Crippen LogP contribution in [0.3, 0.4) is 0 Å². The molecule has 2 aliphatic heterocycles. The number of ether oxygens (including phenoxy) is 1. The van der Waals surface area contributed by atoms with Crippen molar-refractivity contribution in [3.05, 3.63) is 47.3 Å². The van der Waals surface area contributed by atoms with Gasteiger partial charge in [0.05, 0.1) is 41.8 Å². The van der Waals surface area contributed by atoms with Gasteiger partial charge in [-0.05, 0) is 18.6 Å². The summed E-state index contributed by atoms with van der Waals surface area (Å²) in [5, 5.41) is 7.88. The molecule has 6 nitrogen and oxygen atoms in total. The van der Waals surface area contributed by atoms with Gasteiger partial charge in [-0.1, -0.05) is 17.3 Å². The number of fused-ring (bicyclic) bond motifs is 3. The van der Waals surface area contributed by atoms with E-state index < -0.39 is 17.6 Å². The molecular weight excluding hydrogens is 337 g/mol. The minimum Gasteiger partial charge on any atom is -0.370 e. The Morgan fingerprint density at radius 3 is 2.88 bits per heavy atom. The topological polar surface area (TPSA) is 60.3 Å². The summed E-state index contributed by atoms with van der Waals surface area (Å²) in [6.07, 6.45) is -2.55. The number of alkyl halides is 3. The first-order valence-corrected chi connectivity index (χ1v) is 7.91. The molecule has 0 unspecified atom stereocenters. The third kappa shape index (κ3) is 2.78. The van der Waals surface area contributed by atoms with E-state index in [1.807, 2.05) is 0 Å². The molecule has 1 amide bonds. The fraction of sp³-hybridized carbons (Fsp3) is 0.438. The molecule has 4 rings (SSSR count). The van der Waals surface area contributed by atoms with Crippen LogP contribution >= 0.6 is 0 Å². The van der Waals surface area contributed by atoms with Crippen molar-refractivity contribution < 1.29 is 22.7 Å². The predicted octanol–water partition coefficient (Wildman–Crippen LogP) is 2.28. The summed E-state index contributed by atoms with van der Waals surface area (Å²) >= 11 is 0. The lowest BCUT2D eigenvalue weighted by molar-refractivity contribution is -0.138. The number of likely N-dealkylation sites (tertiary alicyclic amines) is 1. The number of carbonyl (C=O) groups excluding carboxylic acids is 1. The number of hydrogen-bond acceptors (Lipinski definition) is 4. The van der Waals surface area contributed by atoms with Crippen LogP contribution in [0, 0.1) is 0 Å². The molecule has 1 saturated heterocycles. The van der Waals surface area contributed by atoms with Crippen molar-refractivity contribution in [1.29, 1.82) is 0 Å². The molecule has 0 N–H and O–H groups in total. The molecular formula is C16H15F3N4O2. The average Bonchev–Trinajstić information content (AvgIpc) is 3.09. The van der Waals surface area contributed by atoms with Gasteiger partial charge in [0.2, 0.25) is 0 Å². The number of benzene rings is 1. The Bertz CT molecular complexity index is 805. The van der Waals surface area contributed by atoms with Crippen LogP contribution in [0.15, 0.2) is 30.5 Å². The molecule has 2 aromatic rings. The first-order chi connectivity index (χ1) is 11.9. The summed E-state index contributed by atoms with van der Waals surface area (Å²) in [5.74, 6) is -0.626. The predicted molar refractivity (Wildman–Crippen MR) is 79.6 cm³/mol. The van der Waals surface area contributed by atoms with Gasteiger partial charge in [-0.15, -0.1) is 5.10 Å². The summed E-state index contributed by atoms with van der Waals surface area (Å²) in [4.78, 5) is 14.2. The summed E-state index contributed by atoms with van der Waals surface area (Å²) < 4.78 is 47.0. The molecule has 2 aliphatic rings. The van der Waals surface area contributed by atoms with Crippen molar-refractivity contribution in [2.24, 2.45) is 0 Å². The molecule has 0 spiro atoms. The first kappa shape index (κ1) is 16.1. The molecule has 25 heavy (non-hydrogen) atoms. The number of piperidine rings is 1. The van der Waals surface area contributed by atoms with E-state index in [0.717, 1.165) is 11.8 Å². The Kier molecular flexibility index (Phi) is 3.75. The van der Waals surface area contributed by atoms with Crippen LogP contribution in [0.4, 0.5) is 13.2 Å². The van der Waals surface area contributed by atoms with Crippen molar-refractivity contribution >= 4 is 5.91 Å². The van der Waals surface area contributed by atoms with E-state index in [2.05, 4.69) is 10.3 Å². The van der Waals surface area contributed by atoms with E-state index in [1.165, 1.54) is 23.1 Å². The number of nitrogens with zero attached hydrogens (tertiary/aromatic N) is 4. The normalized spacial score (nSPS) is 23.1. The minimum absolute atomic E-state index is 0.115. The summed E-state index contributed by atoms with van der Waals surface area (Å²) in [7, 11) is 0. The molecule has 1 aromatic heterocycles. The van der Waals surface area contributed by atoms with E-state index in [0.29, 0.717) is 19.6 Å². The highest BCUT2D eigenvalue weighted by Crippen LogP contribution is 2.34. The second-order valence-electron chi connectivity index (χ2n) is 6.17. The molecule has 1 fully saturated rings. The third-order valence-electron chi connectivity index (χ3n) is 4.68. The van der Waals surface area contributed by atoms with Gasteiger partial charge in [0, 0.05) is 13.1 Å². The van der Waals surface area contributed by atoms with Crippen molar-refractivity contribution in [1.82, 2.24) is 19.9 Å². The second kappa shape index (κ2) is 5.83. The second-order valence-corrected chi connectivity index (χ2v) is 6.17. The number of amides is 1. The number of carbonyl (C=O) groups is 1. The van der Waals surface area contributed by atoms with E-state index in [4.69, 9.17) is 4.74 Å². The Labute approximate surface area is 141 Å². The number of hydrogen-bond donors (Lipinski definition) is 0. The van der Waals surface area contributed by atoms with Gasteiger partial charge < -0.3 is 9.64 Å². The van der Waals surface area contributed by atoms with Crippen molar-refractivity contribution in [2.45, 2.75) is 31.3 Å². The van der Waals surface area contributed by atoms with Gasteiger partial charge in [-0.2, -0.15) is 13.2 Å². The molecule has 0 radical (unpaired) electrons. The highest BCUT2D eigenvalue weighted by atomic mass is 19.4. The van der Waals surface area contributed by atoms with Crippen LogP contribution in [0.1, 0.15) is 34.1 Å². The maximum absolute atomic E-state index is 13.2. The fourth-order valence-corrected chi connectivity index (χ4v) is 3.45. The monoisotopic (exact) mass is 352 g/mol. The van der Waals surface area contributed by atoms with Gasteiger partial charge in [0.25, 0.3) is 5.91 Å². The Hall–Kier alpha value is -2.42. The van der Waals surface area contributed by atoms with E-state index >= 15 is 0 Å². The number of rotatable bonds is 1.